The second-order valence-electron chi connectivity index (χ2n) is 7.49. The van der Waals surface area contributed by atoms with Gasteiger partial charge in [-0.2, -0.15) is 0 Å². The first-order valence-electron chi connectivity index (χ1n) is 9.82. The minimum Gasteiger partial charge on any atom is -0.382 e. The molecule has 2 unspecified atom stereocenters. The average Bonchev–Trinajstić information content (AvgIpc) is 2.90. The summed E-state index contributed by atoms with van der Waals surface area (Å²) in [4.78, 5) is 0. The Hall–Kier alpha value is 0.190. The molecule has 2 atom stereocenters. The maximum Gasteiger partial charge on any atom is 0.118 e. The number of rotatable bonds is 12. The van der Waals surface area contributed by atoms with Crippen molar-refractivity contribution < 1.29 is 9.67 Å². The van der Waals surface area contributed by atoms with E-state index in [9.17, 15) is 9.67 Å². The highest BCUT2D eigenvalue weighted by atomic mass is 31.2. The number of unbranched alkanes of at least 4 members (excludes halogenated alkanes) is 5. The van der Waals surface area contributed by atoms with Crippen LogP contribution < -0.4 is 0 Å². The van der Waals surface area contributed by atoms with Crippen LogP contribution in [0.25, 0.3) is 0 Å². The van der Waals surface area contributed by atoms with Crippen LogP contribution in [0.1, 0.15) is 97.8 Å². The average molecular weight is 330 g/mol. The Morgan fingerprint density at radius 2 is 1.55 bits per heavy atom. The molecule has 0 aliphatic carbocycles. The van der Waals surface area contributed by atoms with Gasteiger partial charge in [0.1, 0.15) is 12.5 Å². The van der Waals surface area contributed by atoms with Crippen LogP contribution in [0.5, 0.6) is 0 Å². The van der Waals surface area contributed by atoms with Crippen molar-refractivity contribution in [2.75, 3.05) is 12.3 Å². The third-order valence-electron chi connectivity index (χ3n) is 5.54. The van der Waals surface area contributed by atoms with E-state index in [4.69, 9.17) is 0 Å². The van der Waals surface area contributed by atoms with Crippen molar-refractivity contribution >= 4 is 7.14 Å². The van der Waals surface area contributed by atoms with Crippen molar-refractivity contribution in [3.63, 3.8) is 0 Å². The number of hydrogen-bond acceptors (Lipinski definition) is 2. The smallest absolute Gasteiger partial charge is 0.118 e. The Morgan fingerprint density at radius 1 is 0.955 bits per heavy atom. The number of aliphatic hydroxyl groups is 1. The molecule has 0 aromatic heterocycles. The zero-order valence-corrected chi connectivity index (χ0v) is 16.2. The largest absolute Gasteiger partial charge is 0.382 e. The van der Waals surface area contributed by atoms with E-state index in [2.05, 4.69) is 20.8 Å². The lowest BCUT2D eigenvalue weighted by Gasteiger charge is -2.35. The van der Waals surface area contributed by atoms with Crippen LogP contribution in [0, 0.1) is 5.92 Å². The Morgan fingerprint density at radius 3 is 2.09 bits per heavy atom. The van der Waals surface area contributed by atoms with E-state index in [1.54, 1.807) is 0 Å². The van der Waals surface area contributed by atoms with Gasteiger partial charge < -0.3 is 9.67 Å². The van der Waals surface area contributed by atoms with Gasteiger partial charge in [0.05, 0.1) is 0 Å². The highest BCUT2D eigenvalue weighted by molar-refractivity contribution is 7.65. The first kappa shape index (κ1) is 20.2. The fourth-order valence-electron chi connectivity index (χ4n) is 3.92. The molecule has 132 valence electrons. The number of hydrogen-bond donors (Lipinski definition) is 1. The summed E-state index contributed by atoms with van der Waals surface area (Å²) < 4.78 is 13.5. The van der Waals surface area contributed by atoms with Crippen LogP contribution in [0.2, 0.25) is 0 Å². The SMILES string of the molecule is CCCCCCC1CCP(=O)(C(O)(CCCC)CCCC)C1. The standard InChI is InChI=1S/C19H39O2P/c1-4-7-10-11-12-18-13-16-22(21,17-18)19(20,14-8-5-2)15-9-6-3/h18,20H,4-17H2,1-3H3. The Bertz CT molecular complexity index is 332. The fraction of sp³-hybridized carbons (Fsp3) is 1.00. The maximum absolute atomic E-state index is 13.5. The molecule has 0 spiro atoms. The van der Waals surface area contributed by atoms with E-state index < -0.39 is 12.5 Å². The molecule has 1 rings (SSSR count). The van der Waals surface area contributed by atoms with Gasteiger partial charge in [-0.1, -0.05) is 72.1 Å². The Kier molecular flexibility index (Phi) is 9.32. The highest BCUT2D eigenvalue weighted by Crippen LogP contribution is 2.66. The predicted octanol–water partition coefficient (Wildman–Crippen LogP) is 6.41. The summed E-state index contributed by atoms with van der Waals surface area (Å²) in [6, 6.07) is 0. The summed E-state index contributed by atoms with van der Waals surface area (Å²) in [5, 5.41) is 10.3. The minimum absolute atomic E-state index is 0.609. The molecule has 1 aliphatic rings. The van der Waals surface area contributed by atoms with Crippen molar-refractivity contribution in [1.29, 1.82) is 0 Å². The van der Waals surface area contributed by atoms with E-state index >= 15 is 0 Å². The third kappa shape index (κ3) is 5.68. The van der Waals surface area contributed by atoms with Crippen LogP contribution >= 0.6 is 7.14 Å². The molecule has 0 aromatic rings. The topological polar surface area (TPSA) is 37.3 Å². The zero-order valence-electron chi connectivity index (χ0n) is 15.3. The van der Waals surface area contributed by atoms with Gasteiger partial charge in [0.2, 0.25) is 0 Å². The molecule has 0 amide bonds. The van der Waals surface area contributed by atoms with E-state index in [0.717, 1.165) is 57.3 Å². The lowest BCUT2D eigenvalue weighted by Crippen LogP contribution is -2.30. The molecular formula is C19H39O2P. The second-order valence-corrected chi connectivity index (χ2v) is 10.9. The maximum atomic E-state index is 13.5. The van der Waals surface area contributed by atoms with E-state index in [0.29, 0.717) is 5.92 Å². The summed E-state index contributed by atoms with van der Waals surface area (Å²) in [6.45, 7) is 6.55. The van der Waals surface area contributed by atoms with Gasteiger partial charge in [-0.3, -0.25) is 0 Å². The Balaban J connectivity index is 2.59. The molecule has 1 N–H and O–H groups in total. The van der Waals surface area contributed by atoms with Gasteiger partial charge >= 0.3 is 0 Å². The second kappa shape index (κ2) is 10.1. The van der Waals surface area contributed by atoms with E-state index in [-0.39, 0.29) is 0 Å². The molecule has 0 radical (unpaired) electrons. The van der Waals surface area contributed by atoms with E-state index in [1.807, 2.05) is 0 Å². The summed E-state index contributed by atoms with van der Waals surface area (Å²) in [5.74, 6) is 0.609. The lowest BCUT2D eigenvalue weighted by atomic mass is 10.0. The molecule has 0 saturated carbocycles. The predicted molar refractivity (Wildman–Crippen MR) is 98.2 cm³/mol. The quantitative estimate of drug-likeness (QED) is 0.331. The molecule has 1 heterocycles. The first-order valence-corrected chi connectivity index (χ1v) is 11.9. The first-order chi connectivity index (χ1) is 10.5. The summed E-state index contributed by atoms with van der Waals surface area (Å²) in [7, 11) is -2.41. The van der Waals surface area contributed by atoms with Crippen LogP contribution in [-0.2, 0) is 4.57 Å². The van der Waals surface area contributed by atoms with Gasteiger partial charge in [0, 0.05) is 12.3 Å². The highest BCUT2D eigenvalue weighted by Gasteiger charge is 2.49. The van der Waals surface area contributed by atoms with Gasteiger partial charge in [0.15, 0.2) is 0 Å². The molecule has 1 saturated heterocycles. The van der Waals surface area contributed by atoms with Crippen molar-refractivity contribution in [2.24, 2.45) is 5.92 Å². The van der Waals surface area contributed by atoms with Crippen molar-refractivity contribution in [3.8, 4) is 0 Å². The molecule has 1 fully saturated rings. The summed E-state index contributed by atoms with van der Waals surface area (Å²) >= 11 is 0. The van der Waals surface area contributed by atoms with Gasteiger partial charge in [-0.05, 0) is 31.6 Å². The van der Waals surface area contributed by atoms with Crippen LogP contribution in [0.4, 0.5) is 0 Å². The summed E-state index contributed by atoms with van der Waals surface area (Å²) in [5.41, 5.74) is 0. The Labute approximate surface area is 138 Å². The third-order valence-corrected chi connectivity index (χ3v) is 9.59. The van der Waals surface area contributed by atoms with Crippen LogP contribution in [-0.4, -0.2) is 22.8 Å². The van der Waals surface area contributed by atoms with E-state index in [1.165, 1.54) is 32.1 Å². The molecule has 0 aromatic carbocycles. The fourth-order valence-corrected chi connectivity index (χ4v) is 7.97. The van der Waals surface area contributed by atoms with Gasteiger partial charge in [-0.15, -0.1) is 0 Å². The van der Waals surface area contributed by atoms with Gasteiger partial charge in [0.25, 0.3) is 0 Å². The molecule has 0 bridgehead atoms. The molecule has 3 heteroatoms. The van der Waals surface area contributed by atoms with Crippen molar-refractivity contribution in [2.45, 2.75) is 103 Å². The van der Waals surface area contributed by atoms with Crippen molar-refractivity contribution in [3.05, 3.63) is 0 Å². The van der Waals surface area contributed by atoms with Crippen molar-refractivity contribution in [1.82, 2.24) is 0 Å². The monoisotopic (exact) mass is 330 g/mol. The van der Waals surface area contributed by atoms with Gasteiger partial charge in [-0.25, -0.2) is 0 Å². The molecule has 1 aliphatic heterocycles. The molecular weight excluding hydrogens is 291 g/mol. The molecule has 2 nitrogen and oxygen atoms in total. The normalized spacial score (nSPS) is 25.7. The molecule has 22 heavy (non-hydrogen) atoms. The lowest BCUT2D eigenvalue weighted by molar-refractivity contribution is 0.0976. The summed E-state index contributed by atoms with van der Waals surface area (Å²) in [6.07, 6.45) is 14.8. The minimum atomic E-state index is -2.41. The zero-order chi connectivity index (χ0) is 16.5. The van der Waals surface area contributed by atoms with Crippen LogP contribution in [0.15, 0.2) is 0 Å². The van der Waals surface area contributed by atoms with Crippen LogP contribution in [0.3, 0.4) is 0 Å².